The molecule has 0 amide bonds. The fraction of sp³-hybridized carbons (Fsp3) is 0.444. The molecule has 17 heavy (non-hydrogen) atoms. The smallest absolute Gasteiger partial charge is 0.392 e. The molecule has 0 spiro atoms. The third-order valence-electron chi connectivity index (χ3n) is 2.02. The summed E-state index contributed by atoms with van der Waals surface area (Å²) < 4.78 is 62.6. The number of hydrogen-bond acceptors (Lipinski definition) is 2. The number of pyridine rings is 1. The highest BCUT2D eigenvalue weighted by Gasteiger charge is 2.35. The van der Waals surface area contributed by atoms with Crippen LogP contribution in [0.1, 0.15) is 28.9 Å². The van der Waals surface area contributed by atoms with E-state index in [2.05, 4.69) is 20.9 Å². The molecule has 1 rings (SSSR count). The van der Waals surface area contributed by atoms with E-state index in [1.165, 1.54) is 0 Å². The molecule has 0 atom stereocenters. The van der Waals surface area contributed by atoms with Gasteiger partial charge in [0.25, 0.3) is 6.43 Å². The molecule has 1 aromatic rings. The summed E-state index contributed by atoms with van der Waals surface area (Å²) in [6.07, 6.45) is -7.72. The third-order valence-corrected chi connectivity index (χ3v) is 2.55. The van der Waals surface area contributed by atoms with Crippen molar-refractivity contribution >= 4 is 15.9 Å². The standard InChI is InChI=1S/C9H7BrF5NO/c10-2-6-5(9(13,14)15)1-4(3-17)7(16-6)8(11)12/h1,8,17H,2-3H2. The van der Waals surface area contributed by atoms with E-state index in [1.807, 2.05) is 0 Å². The number of rotatable bonds is 3. The zero-order valence-electron chi connectivity index (χ0n) is 8.23. The van der Waals surface area contributed by atoms with E-state index in [1.54, 1.807) is 0 Å². The number of nitrogens with zero attached hydrogens (tertiary/aromatic N) is 1. The second-order valence-corrected chi connectivity index (χ2v) is 3.68. The summed E-state index contributed by atoms with van der Waals surface area (Å²) in [4.78, 5) is 3.25. The molecule has 1 heterocycles. The fourth-order valence-electron chi connectivity index (χ4n) is 1.27. The van der Waals surface area contributed by atoms with Crippen molar-refractivity contribution in [3.05, 3.63) is 28.6 Å². The zero-order chi connectivity index (χ0) is 13.2. The molecular weight excluding hydrogens is 313 g/mol. The molecule has 0 aliphatic rings. The zero-order valence-corrected chi connectivity index (χ0v) is 9.82. The number of halogens is 6. The Morgan fingerprint density at radius 1 is 1.35 bits per heavy atom. The minimum atomic E-state index is -4.69. The van der Waals surface area contributed by atoms with Gasteiger partial charge in [0.15, 0.2) is 0 Å². The van der Waals surface area contributed by atoms with Crippen LogP contribution in [0.5, 0.6) is 0 Å². The SMILES string of the molecule is OCc1cc(C(F)(F)F)c(CBr)nc1C(F)F. The summed E-state index contributed by atoms with van der Waals surface area (Å²) in [5.41, 5.74) is -2.99. The van der Waals surface area contributed by atoms with E-state index < -0.39 is 41.7 Å². The predicted octanol–water partition coefficient (Wildman–Crippen LogP) is 3.43. The van der Waals surface area contributed by atoms with Crippen LogP contribution in [0.2, 0.25) is 0 Å². The van der Waals surface area contributed by atoms with Gasteiger partial charge in [-0.05, 0) is 6.07 Å². The molecule has 0 unspecified atom stereocenters. The first kappa shape index (κ1) is 14.3. The molecular formula is C9H7BrF5NO. The van der Waals surface area contributed by atoms with Crippen molar-refractivity contribution in [3.63, 3.8) is 0 Å². The Morgan fingerprint density at radius 2 is 1.94 bits per heavy atom. The molecule has 0 radical (unpaired) electrons. The van der Waals surface area contributed by atoms with E-state index in [9.17, 15) is 22.0 Å². The Balaban J connectivity index is 3.44. The molecule has 0 saturated heterocycles. The summed E-state index contributed by atoms with van der Waals surface area (Å²) >= 11 is 2.76. The van der Waals surface area contributed by atoms with Crippen molar-refractivity contribution in [2.45, 2.75) is 24.5 Å². The van der Waals surface area contributed by atoms with Gasteiger partial charge in [-0.25, -0.2) is 13.8 Å². The molecule has 0 bridgehead atoms. The molecule has 0 aromatic carbocycles. The molecule has 0 aliphatic carbocycles. The first-order chi connectivity index (χ1) is 7.81. The molecule has 0 aliphatic heterocycles. The molecule has 1 N–H and O–H groups in total. The van der Waals surface area contributed by atoms with Gasteiger partial charge in [-0.2, -0.15) is 13.2 Å². The lowest BCUT2D eigenvalue weighted by atomic mass is 10.1. The van der Waals surface area contributed by atoms with Crippen molar-refractivity contribution in [1.82, 2.24) is 4.98 Å². The lowest BCUT2D eigenvalue weighted by Gasteiger charge is -2.14. The molecule has 96 valence electrons. The van der Waals surface area contributed by atoms with Crippen LogP contribution in [0.25, 0.3) is 0 Å². The van der Waals surface area contributed by atoms with Crippen molar-refractivity contribution < 1.29 is 27.1 Å². The highest BCUT2D eigenvalue weighted by Crippen LogP contribution is 2.35. The van der Waals surface area contributed by atoms with Gasteiger partial charge in [0.1, 0.15) is 5.69 Å². The van der Waals surface area contributed by atoms with Crippen LogP contribution in [0.3, 0.4) is 0 Å². The number of hydrogen-bond donors (Lipinski definition) is 1. The van der Waals surface area contributed by atoms with Crippen LogP contribution in [-0.4, -0.2) is 10.1 Å². The van der Waals surface area contributed by atoms with E-state index in [4.69, 9.17) is 5.11 Å². The van der Waals surface area contributed by atoms with Gasteiger partial charge in [0.2, 0.25) is 0 Å². The van der Waals surface area contributed by atoms with Crippen molar-refractivity contribution in [3.8, 4) is 0 Å². The van der Waals surface area contributed by atoms with Crippen molar-refractivity contribution in [2.75, 3.05) is 0 Å². The summed E-state index contributed by atoms with van der Waals surface area (Å²) in [6, 6.07) is 0.505. The molecule has 0 fully saturated rings. The van der Waals surface area contributed by atoms with Gasteiger partial charge >= 0.3 is 6.18 Å². The number of alkyl halides is 6. The van der Waals surface area contributed by atoms with Crippen LogP contribution in [0.4, 0.5) is 22.0 Å². The highest BCUT2D eigenvalue weighted by molar-refractivity contribution is 9.08. The van der Waals surface area contributed by atoms with Gasteiger partial charge < -0.3 is 5.11 Å². The second-order valence-electron chi connectivity index (χ2n) is 3.12. The monoisotopic (exact) mass is 319 g/mol. The first-order valence-electron chi connectivity index (χ1n) is 4.36. The van der Waals surface area contributed by atoms with Gasteiger partial charge in [0, 0.05) is 10.9 Å². The maximum absolute atomic E-state index is 12.6. The Morgan fingerprint density at radius 3 is 2.29 bits per heavy atom. The summed E-state index contributed by atoms with van der Waals surface area (Å²) in [7, 11) is 0. The summed E-state index contributed by atoms with van der Waals surface area (Å²) in [5, 5.41) is 8.47. The quantitative estimate of drug-likeness (QED) is 0.684. The van der Waals surface area contributed by atoms with Crippen molar-refractivity contribution in [1.29, 1.82) is 0 Å². The van der Waals surface area contributed by atoms with E-state index in [0.29, 0.717) is 6.07 Å². The first-order valence-corrected chi connectivity index (χ1v) is 5.48. The van der Waals surface area contributed by atoms with E-state index >= 15 is 0 Å². The lowest BCUT2D eigenvalue weighted by Crippen LogP contribution is -2.13. The average Bonchev–Trinajstić information content (AvgIpc) is 2.25. The average molecular weight is 320 g/mol. The lowest BCUT2D eigenvalue weighted by molar-refractivity contribution is -0.138. The highest BCUT2D eigenvalue weighted by atomic mass is 79.9. The minimum Gasteiger partial charge on any atom is -0.392 e. The topological polar surface area (TPSA) is 33.1 Å². The van der Waals surface area contributed by atoms with Crippen molar-refractivity contribution in [2.24, 2.45) is 0 Å². The van der Waals surface area contributed by atoms with E-state index in [-0.39, 0.29) is 5.33 Å². The fourth-order valence-corrected chi connectivity index (χ4v) is 1.70. The Labute approximate surface area is 102 Å². The number of aromatic nitrogens is 1. The van der Waals surface area contributed by atoms with Crippen LogP contribution >= 0.6 is 15.9 Å². The largest absolute Gasteiger partial charge is 0.418 e. The Bertz CT molecular complexity index is 407. The van der Waals surface area contributed by atoms with Gasteiger partial charge in [-0.3, -0.25) is 0 Å². The molecule has 8 heteroatoms. The Hall–Kier alpha value is -0.760. The van der Waals surface area contributed by atoms with Crippen LogP contribution in [0, 0.1) is 0 Å². The third kappa shape index (κ3) is 3.12. The maximum Gasteiger partial charge on any atom is 0.418 e. The van der Waals surface area contributed by atoms with Crippen LogP contribution < -0.4 is 0 Å². The predicted molar refractivity (Wildman–Crippen MR) is 52.7 cm³/mol. The summed E-state index contributed by atoms with van der Waals surface area (Å²) in [6.45, 7) is -0.918. The molecule has 1 aromatic heterocycles. The second kappa shape index (κ2) is 5.26. The van der Waals surface area contributed by atoms with E-state index in [0.717, 1.165) is 0 Å². The number of aliphatic hydroxyl groups is 1. The molecule has 2 nitrogen and oxygen atoms in total. The maximum atomic E-state index is 12.6. The normalized spacial score (nSPS) is 12.2. The minimum absolute atomic E-state index is 0.298. The Kier molecular flexibility index (Phi) is 4.42. The molecule has 0 saturated carbocycles. The number of aliphatic hydroxyl groups excluding tert-OH is 1. The van der Waals surface area contributed by atoms with Crippen LogP contribution in [-0.2, 0) is 18.1 Å². The van der Waals surface area contributed by atoms with Gasteiger partial charge in [-0.1, -0.05) is 15.9 Å². The van der Waals surface area contributed by atoms with Gasteiger partial charge in [0.05, 0.1) is 17.9 Å². The van der Waals surface area contributed by atoms with Crippen LogP contribution in [0.15, 0.2) is 6.07 Å². The van der Waals surface area contributed by atoms with Gasteiger partial charge in [-0.15, -0.1) is 0 Å². The summed E-state index contributed by atoms with van der Waals surface area (Å²) in [5.74, 6) is 0.